The first-order chi connectivity index (χ1) is 8.72. The van der Waals surface area contributed by atoms with Crippen molar-refractivity contribution in [1.29, 1.82) is 0 Å². The molecule has 102 valence electrons. The van der Waals surface area contributed by atoms with Gasteiger partial charge in [0.05, 0.1) is 0 Å². The first-order valence-corrected chi connectivity index (χ1v) is 7.69. The van der Waals surface area contributed by atoms with Gasteiger partial charge in [-0.25, -0.2) is 0 Å². The predicted octanol–water partition coefficient (Wildman–Crippen LogP) is 1.99. The van der Waals surface area contributed by atoms with Gasteiger partial charge in [-0.2, -0.15) is 0 Å². The molecule has 1 aliphatic rings. The van der Waals surface area contributed by atoms with Crippen LogP contribution in [0.25, 0.3) is 0 Å². The quantitative estimate of drug-likeness (QED) is 0.880. The Morgan fingerprint density at radius 1 is 1.33 bits per heavy atom. The summed E-state index contributed by atoms with van der Waals surface area (Å²) < 4.78 is 0. The fraction of sp³-hybridized carbons (Fsp3) is 0.714. The summed E-state index contributed by atoms with van der Waals surface area (Å²) in [5.74, 6) is 0. The Balaban J connectivity index is 1.88. The van der Waals surface area contributed by atoms with Gasteiger partial charge in [-0.05, 0) is 32.6 Å². The van der Waals surface area contributed by atoms with Crippen LogP contribution in [0.2, 0.25) is 0 Å². The lowest BCUT2D eigenvalue weighted by Crippen LogP contribution is -2.50. The minimum absolute atomic E-state index is 0.732. The van der Waals surface area contributed by atoms with Crippen LogP contribution in [0.1, 0.15) is 23.1 Å². The summed E-state index contributed by atoms with van der Waals surface area (Å²) >= 11 is 1.94. The van der Waals surface area contributed by atoms with Crippen molar-refractivity contribution < 1.29 is 0 Å². The molecule has 1 saturated heterocycles. The number of hydrogen-bond donors (Lipinski definition) is 1. The van der Waals surface area contributed by atoms with E-state index in [2.05, 4.69) is 41.2 Å². The van der Waals surface area contributed by atoms with Crippen molar-refractivity contribution in [3.05, 3.63) is 21.9 Å². The number of nitrogens with one attached hydrogen (secondary N) is 1. The molecule has 1 unspecified atom stereocenters. The monoisotopic (exact) mass is 267 g/mol. The van der Waals surface area contributed by atoms with Crippen LogP contribution >= 0.6 is 11.3 Å². The summed E-state index contributed by atoms with van der Waals surface area (Å²) in [6.07, 6.45) is 1.25. The summed E-state index contributed by atoms with van der Waals surface area (Å²) in [5.41, 5.74) is 0. The minimum Gasteiger partial charge on any atom is -0.315 e. The standard InChI is InChI=1S/C14H25N3S/c1-4-12-10-17(8-7-16(12)3)11-14-6-5-13(18-14)9-15-2/h5-6,12,15H,4,7-11H2,1-3H3. The highest BCUT2D eigenvalue weighted by Gasteiger charge is 2.22. The molecule has 1 fully saturated rings. The largest absolute Gasteiger partial charge is 0.315 e. The maximum Gasteiger partial charge on any atom is 0.0329 e. The minimum atomic E-state index is 0.732. The topological polar surface area (TPSA) is 18.5 Å². The van der Waals surface area contributed by atoms with E-state index in [1.807, 2.05) is 18.4 Å². The normalized spacial score (nSPS) is 22.5. The predicted molar refractivity (Wildman–Crippen MR) is 79.1 cm³/mol. The van der Waals surface area contributed by atoms with Gasteiger partial charge in [0, 0.05) is 48.5 Å². The summed E-state index contributed by atoms with van der Waals surface area (Å²) in [6.45, 7) is 8.02. The summed E-state index contributed by atoms with van der Waals surface area (Å²) in [7, 11) is 4.26. The molecule has 3 nitrogen and oxygen atoms in total. The molecule has 1 aromatic heterocycles. The molecule has 0 bridgehead atoms. The number of hydrogen-bond acceptors (Lipinski definition) is 4. The third-order valence-electron chi connectivity index (χ3n) is 3.78. The smallest absolute Gasteiger partial charge is 0.0329 e. The van der Waals surface area contributed by atoms with E-state index in [4.69, 9.17) is 0 Å². The van der Waals surface area contributed by atoms with E-state index in [9.17, 15) is 0 Å². The maximum absolute atomic E-state index is 3.21. The number of likely N-dealkylation sites (N-methyl/N-ethyl adjacent to an activating group) is 1. The molecule has 1 N–H and O–H groups in total. The van der Waals surface area contributed by atoms with Crippen LogP contribution in [0.15, 0.2) is 12.1 Å². The van der Waals surface area contributed by atoms with Crippen LogP contribution in [0.3, 0.4) is 0 Å². The zero-order valence-electron chi connectivity index (χ0n) is 11.8. The van der Waals surface area contributed by atoms with Crippen molar-refractivity contribution in [2.45, 2.75) is 32.5 Å². The molecule has 4 heteroatoms. The molecule has 1 aliphatic heterocycles. The molecular weight excluding hydrogens is 242 g/mol. The van der Waals surface area contributed by atoms with Gasteiger partial charge in [0.15, 0.2) is 0 Å². The second-order valence-electron chi connectivity index (χ2n) is 5.18. The van der Waals surface area contributed by atoms with Crippen LogP contribution in [-0.2, 0) is 13.1 Å². The molecule has 18 heavy (non-hydrogen) atoms. The fourth-order valence-electron chi connectivity index (χ4n) is 2.59. The van der Waals surface area contributed by atoms with Gasteiger partial charge in [0.2, 0.25) is 0 Å². The van der Waals surface area contributed by atoms with Crippen molar-refractivity contribution in [2.75, 3.05) is 33.7 Å². The maximum atomic E-state index is 3.21. The molecule has 1 atom stereocenters. The van der Waals surface area contributed by atoms with Crippen LogP contribution < -0.4 is 5.32 Å². The fourth-order valence-corrected chi connectivity index (χ4v) is 3.66. The Labute approximate surface area is 115 Å². The molecule has 0 amide bonds. The molecule has 0 spiro atoms. The van der Waals surface area contributed by atoms with E-state index in [0.717, 1.165) is 19.1 Å². The van der Waals surface area contributed by atoms with Crippen LogP contribution in [0.5, 0.6) is 0 Å². The molecular formula is C14H25N3S. The Bertz CT molecular complexity index is 364. The van der Waals surface area contributed by atoms with E-state index >= 15 is 0 Å². The van der Waals surface area contributed by atoms with Crippen LogP contribution in [-0.4, -0.2) is 49.6 Å². The van der Waals surface area contributed by atoms with Gasteiger partial charge in [0.25, 0.3) is 0 Å². The van der Waals surface area contributed by atoms with E-state index in [-0.39, 0.29) is 0 Å². The average Bonchev–Trinajstić information content (AvgIpc) is 2.80. The molecule has 0 aromatic carbocycles. The Morgan fingerprint density at radius 2 is 2.11 bits per heavy atom. The highest BCUT2D eigenvalue weighted by molar-refractivity contribution is 7.11. The van der Waals surface area contributed by atoms with Crippen molar-refractivity contribution in [3.63, 3.8) is 0 Å². The third-order valence-corrected chi connectivity index (χ3v) is 4.85. The lowest BCUT2D eigenvalue weighted by molar-refractivity contribution is 0.0891. The molecule has 1 aromatic rings. The van der Waals surface area contributed by atoms with Gasteiger partial charge < -0.3 is 10.2 Å². The zero-order valence-corrected chi connectivity index (χ0v) is 12.6. The van der Waals surface area contributed by atoms with Gasteiger partial charge in [-0.3, -0.25) is 4.90 Å². The average molecular weight is 267 g/mol. The number of thiophene rings is 1. The SMILES string of the molecule is CCC1CN(Cc2ccc(CNC)s2)CCN1C. The first kappa shape index (κ1) is 14.0. The van der Waals surface area contributed by atoms with E-state index in [0.29, 0.717) is 0 Å². The van der Waals surface area contributed by atoms with Gasteiger partial charge in [-0.1, -0.05) is 6.92 Å². The van der Waals surface area contributed by atoms with Crippen molar-refractivity contribution in [2.24, 2.45) is 0 Å². The molecule has 0 aliphatic carbocycles. The number of piperazine rings is 1. The third kappa shape index (κ3) is 3.54. The second-order valence-corrected chi connectivity index (χ2v) is 6.43. The Morgan fingerprint density at radius 3 is 2.83 bits per heavy atom. The molecule has 2 rings (SSSR count). The molecule has 2 heterocycles. The van der Waals surface area contributed by atoms with E-state index in [1.54, 1.807) is 0 Å². The first-order valence-electron chi connectivity index (χ1n) is 6.87. The highest BCUT2D eigenvalue weighted by atomic mass is 32.1. The highest BCUT2D eigenvalue weighted by Crippen LogP contribution is 2.20. The zero-order chi connectivity index (χ0) is 13.0. The number of rotatable bonds is 5. The van der Waals surface area contributed by atoms with Gasteiger partial charge in [-0.15, -0.1) is 11.3 Å². The second kappa shape index (κ2) is 6.66. The number of nitrogens with zero attached hydrogens (tertiary/aromatic N) is 2. The molecule has 0 saturated carbocycles. The lowest BCUT2D eigenvalue weighted by atomic mass is 10.1. The van der Waals surface area contributed by atoms with Crippen molar-refractivity contribution >= 4 is 11.3 Å². The van der Waals surface area contributed by atoms with Gasteiger partial charge >= 0.3 is 0 Å². The van der Waals surface area contributed by atoms with Crippen LogP contribution in [0, 0.1) is 0 Å². The van der Waals surface area contributed by atoms with E-state index in [1.165, 1.54) is 35.8 Å². The van der Waals surface area contributed by atoms with Crippen molar-refractivity contribution in [3.8, 4) is 0 Å². The lowest BCUT2D eigenvalue weighted by Gasteiger charge is -2.38. The van der Waals surface area contributed by atoms with Crippen molar-refractivity contribution in [1.82, 2.24) is 15.1 Å². The van der Waals surface area contributed by atoms with Gasteiger partial charge in [0.1, 0.15) is 0 Å². The summed E-state index contributed by atoms with van der Waals surface area (Å²) in [6, 6.07) is 5.27. The Hall–Kier alpha value is -0.420. The van der Waals surface area contributed by atoms with Crippen LogP contribution in [0.4, 0.5) is 0 Å². The van der Waals surface area contributed by atoms with E-state index < -0.39 is 0 Å². The Kier molecular flexibility index (Phi) is 5.18. The summed E-state index contributed by atoms with van der Waals surface area (Å²) in [5, 5.41) is 3.21. The molecule has 0 radical (unpaired) electrons. The summed E-state index contributed by atoms with van der Waals surface area (Å²) in [4.78, 5) is 8.04.